The highest BCUT2D eigenvalue weighted by Crippen LogP contribution is 2.35. The maximum Gasteiger partial charge on any atom is 0.233 e. The number of hydrogen-bond donors (Lipinski definition) is 1. The third-order valence-corrected chi connectivity index (χ3v) is 7.77. The van der Waals surface area contributed by atoms with Gasteiger partial charge in [0.1, 0.15) is 11.5 Å². The molecule has 1 fully saturated rings. The summed E-state index contributed by atoms with van der Waals surface area (Å²) in [6, 6.07) is 24.9. The van der Waals surface area contributed by atoms with E-state index in [0.29, 0.717) is 18.2 Å². The van der Waals surface area contributed by atoms with Gasteiger partial charge >= 0.3 is 0 Å². The van der Waals surface area contributed by atoms with Crippen LogP contribution in [-0.4, -0.2) is 41.0 Å². The molecular formula is C31H31FN4O2S. The Morgan fingerprint density at radius 3 is 2.56 bits per heavy atom. The smallest absolute Gasteiger partial charge is 0.233 e. The van der Waals surface area contributed by atoms with Crippen LogP contribution in [0.15, 0.2) is 83.4 Å². The molecule has 0 unspecified atom stereocenters. The van der Waals surface area contributed by atoms with Crippen molar-refractivity contribution >= 4 is 28.9 Å². The Labute approximate surface area is 233 Å². The van der Waals surface area contributed by atoms with E-state index in [1.54, 1.807) is 12.1 Å². The van der Waals surface area contributed by atoms with Gasteiger partial charge in [0.15, 0.2) is 5.11 Å². The Kier molecular flexibility index (Phi) is 7.56. The molecule has 1 aromatic heterocycles. The van der Waals surface area contributed by atoms with Gasteiger partial charge in [-0.05, 0) is 66.9 Å². The molecule has 1 N–H and O–H groups in total. The number of ether oxygens (including phenoxy) is 1. The third-order valence-electron chi connectivity index (χ3n) is 7.41. The summed E-state index contributed by atoms with van der Waals surface area (Å²) in [5.74, 6) is 0.484. The highest BCUT2D eigenvalue weighted by molar-refractivity contribution is 7.80. The van der Waals surface area contributed by atoms with Crippen LogP contribution in [0.4, 0.5) is 16.0 Å². The maximum atomic E-state index is 13.5. The lowest BCUT2D eigenvalue weighted by molar-refractivity contribution is 0.0905. The van der Waals surface area contributed by atoms with Crippen molar-refractivity contribution in [2.45, 2.75) is 38.5 Å². The first kappa shape index (κ1) is 25.5. The molecule has 0 radical (unpaired) electrons. The molecule has 1 atom stereocenters. The third kappa shape index (κ3) is 5.82. The number of halogens is 1. The number of fused-ring (bicyclic) bond motifs is 1. The van der Waals surface area contributed by atoms with E-state index in [9.17, 15) is 4.39 Å². The van der Waals surface area contributed by atoms with Gasteiger partial charge in [-0.15, -0.1) is 0 Å². The minimum absolute atomic E-state index is 0.0864. The predicted octanol–water partition coefficient (Wildman–Crippen LogP) is 6.42. The van der Waals surface area contributed by atoms with Crippen molar-refractivity contribution in [2.75, 3.05) is 29.9 Å². The van der Waals surface area contributed by atoms with Crippen molar-refractivity contribution in [3.63, 3.8) is 0 Å². The minimum atomic E-state index is -0.285. The average Bonchev–Trinajstić information content (AvgIpc) is 3.64. The van der Waals surface area contributed by atoms with Crippen LogP contribution in [0.1, 0.15) is 29.5 Å². The molecular weight excluding hydrogens is 511 g/mol. The van der Waals surface area contributed by atoms with Crippen molar-refractivity contribution in [3.05, 3.63) is 101 Å². The van der Waals surface area contributed by atoms with E-state index >= 15 is 0 Å². The number of rotatable bonds is 7. The quantitative estimate of drug-likeness (QED) is 0.271. The molecule has 2 aliphatic rings. The Hall–Kier alpha value is -3.75. The summed E-state index contributed by atoms with van der Waals surface area (Å²) in [7, 11) is 0. The Morgan fingerprint density at radius 2 is 1.79 bits per heavy atom. The fourth-order valence-electron chi connectivity index (χ4n) is 5.36. The molecule has 0 aliphatic carbocycles. The molecule has 8 heteroatoms. The number of anilines is 2. The second-order valence-electron chi connectivity index (χ2n) is 10.1. The van der Waals surface area contributed by atoms with Crippen LogP contribution in [0.2, 0.25) is 0 Å². The highest BCUT2D eigenvalue weighted by Gasteiger charge is 2.29. The molecule has 6 nitrogen and oxygen atoms in total. The van der Waals surface area contributed by atoms with Gasteiger partial charge in [-0.1, -0.05) is 59.8 Å². The molecule has 1 saturated heterocycles. The van der Waals surface area contributed by atoms with Crippen molar-refractivity contribution in [3.8, 4) is 11.3 Å². The van der Waals surface area contributed by atoms with Crippen molar-refractivity contribution in [2.24, 2.45) is 0 Å². The summed E-state index contributed by atoms with van der Waals surface area (Å²) in [6.45, 7) is 3.49. The highest BCUT2D eigenvalue weighted by atomic mass is 32.1. The standard InChI is InChI=1S/C31H31FN4O2S/c32-25-12-14-26(15-13-25)33-31(39)36(20-27-11-6-18-37-27)21-28-29(23-8-2-1-3-9-23)34-38-30(28)35-17-16-22-7-4-5-10-24(22)19-35/h1-5,7-10,12-15,27H,6,11,16-21H2,(H,33,39)/t27-/m1/s1. The lowest BCUT2D eigenvalue weighted by Gasteiger charge is -2.31. The first-order chi connectivity index (χ1) is 19.1. The summed E-state index contributed by atoms with van der Waals surface area (Å²) < 4.78 is 25.6. The van der Waals surface area contributed by atoms with Crippen LogP contribution >= 0.6 is 12.2 Å². The molecule has 3 heterocycles. The van der Waals surface area contributed by atoms with Crippen molar-refractivity contribution in [1.82, 2.24) is 10.1 Å². The van der Waals surface area contributed by atoms with Gasteiger partial charge in [0, 0.05) is 37.5 Å². The fourth-order valence-corrected chi connectivity index (χ4v) is 5.62. The van der Waals surface area contributed by atoms with Crippen LogP contribution in [0, 0.1) is 5.82 Å². The van der Waals surface area contributed by atoms with E-state index in [-0.39, 0.29) is 11.9 Å². The summed E-state index contributed by atoms with van der Waals surface area (Å²) in [6.07, 6.45) is 3.06. The summed E-state index contributed by atoms with van der Waals surface area (Å²) in [5.41, 5.74) is 6.21. The average molecular weight is 543 g/mol. The Balaban J connectivity index is 1.34. The SMILES string of the molecule is Fc1ccc(NC(=S)N(Cc2c(-c3ccccc3)noc2N2CCc3ccccc3C2)C[C@H]2CCCO2)cc1. The molecule has 6 rings (SSSR count). The largest absolute Gasteiger partial charge is 0.376 e. The van der Waals surface area contributed by atoms with Crippen LogP contribution in [-0.2, 0) is 24.2 Å². The van der Waals surface area contributed by atoms with E-state index in [4.69, 9.17) is 21.5 Å². The van der Waals surface area contributed by atoms with Crippen LogP contribution in [0.3, 0.4) is 0 Å². The van der Waals surface area contributed by atoms with Crippen molar-refractivity contribution in [1.29, 1.82) is 0 Å². The molecule has 0 amide bonds. The fraction of sp³-hybridized carbons (Fsp3) is 0.290. The van der Waals surface area contributed by atoms with Crippen molar-refractivity contribution < 1.29 is 13.7 Å². The lowest BCUT2D eigenvalue weighted by Crippen LogP contribution is -2.40. The van der Waals surface area contributed by atoms with E-state index < -0.39 is 0 Å². The van der Waals surface area contributed by atoms with Gasteiger partial charge in [-0.2, -0.15) is 0 Å². The predicted molar refractivity (Wildman–Crippen MR) is 155 cm³/mol. The number of nitrogens with zero attached hydrogens (tertiary/aromatic N) is 3. The summed E-state index contributed by atoms with van der Waals surface area (Å²) in [4.78, 5) is 4.40. The summed E-state index contributed by atoms with van der Waals surface area (Å²) in [5, 5.41) is 8.42. The van der Waals surface area contributed by atoms with E-state index in [1.807, 2.05) is 18.2 Å². The molecule has 0 bridgehead atoms. The monoisotopic (exact) mass is 542 g/mol. The van der Waals surface area contributed by atoms with Gasteiger partial charge in [0.2, 0.25) is 5.88 Å². The lowest BCUT2D eigenvalue weighted by atomic mass is 9.99. The first-order valence-electron chi connectivity index (χ1n) is 13.4. The minimum Gasteiger partial charge on any atom is -0.376 e. The molecule has 200 valence electrons. The van der Waals surface area contributed by atoms with Crippen LogP contribution < -0.4 is 10.2 Å². The van der Waals surface area contributed by atoms with Gasteiger partial charge in [0.05, 0.1) is 18.2 Å². The molecule has 0 saturated carbocycles. The second-order valence-corrected chi connectivity index (χ2v) is 10.5. The molecule has 0 spiro atoms. The zero-order valence-electron chi connectivity index (χ0n) is 21.7. The van der Waals surface area contributed by atoms with Gasteiger partial charge in [-0.3, -0.25) is 0 Å². The molecule has 2 aliphatic heterocycles. The molecule has 3 aromatic carbocycles. The zero-order chi connectivity index (χ0) is 26.6. The number of aromatic nitrogens is 1. The maximum absolute atomic E-state index is 13.5. The number of hydrogen-bond acceptors (Lipinski definition) is 5. The topological polar surface area (TPSA) is 53.8 Å². The van der Waals surface area contributed by atoms with Crippen LogP contribution in [0.5, 0.6) is 0 Å². The zero-order valence-corrected chi connectivity index (χ0v) is 22.5. The first-order valence-corrected chi connectivity index (χ1v) is 13.8. The number of nitrogens with one attached hydrogen (secondary N) is 1. The van der Waals surface area contributed by atoms with Gasteiger partial charge in [0.25, 0.3) is 0 Å². The molecule has 4 aromatic rings. The van der Waals surface area contributed by atoms with E-state index in [2.05, 4.69) is 56.7 Å². The van der Waals surface area contributed by atoms with Gasteiger partial charge < -0.3 is 24.4 Å². The number of benzene rings is 3. The van der Waals surface area contributed by atoms with E-state index in [0.717, 1.165) is 67.4 Å². The van der Waals surface area contributed by atoms with Gasteiger partial charge in [-0.25, -0.2) is 4.39 Å². The molecule has 39 heavy (non-hydrogen) atoms. The second kappa shape index (κ2) is 11.6. The summed E-state index contributed by atoms with van der Waals surface area (Å²) >= 11 is 5.91. The Morgan fingerprint density at radius 1 is 1.03 bits per heavy atom. The van der Waals surface area contributed by atoms with Crippen LogP contribution in [0.25, 0.3) is 11.3 Å². The van der Waals surface area contributed by atoms with E-state index in [1.165, 1.54) is 23.3 Å². The Bertz CT molecular complexity index is 1420. The normalized spacial score (nSPS) is 16.6. The number of thiocarbonyl (C=S) groups is 1.